The van der Waals surface area contributed by atoms with Gasteiger partial charge < -0.3 is 10.1 Å². The van der Waals surface area contributed by atoms with Crippen molar-refractivity contribution in [2.45, 2.75) is 25.5 Å². The molecule has 0 saturated carbocycles. The Balaban J connectivity index is 1.65. The van der Waals surface area contributed by atoms with Crippen molar-refractivity contribution >= 4 is 11.3 Å². The van der Waals surface area contributed by atoms with E-state index in [1.165, 1.54) is 16.0 Å². The van der Waals surface area contributed by atoms with Gasteiger partial charge in [0.1, 0.15) is 0 Å². The van der Waals surface area contributed by atoms with E-state index in [0.717, 1.165) is 19.6 Å². The van der Waals surface area contributed by atoms with Crippen molar-refractivity contribution in [2.75, 3.05) is 13.2 Å². The van der Waals surface area contributed by atoms with Crippen LogP contribution in [0.4, 0.5) is 0 Å². The Labute approximate surface area is 118 Å². The predicted molar refractivity (Wildman–Crippen MR) is 79.6 cm³/mol. The maximum atomic E-state index is 5.91. The highest BCUT2D eigenvalue weighted by atomic mass is 32.1. The molecule has 0 spiro atoms. The maximum absolute atomic E-state index is 5.91. The third-order valence-corrected chi connectivity index (χ3v) is 4.73. The van der Waals surface area contributed by atoms with Gasteiger partial charge in [0, 0.05) is 17.5 Å². The van der Waals surface area contributed by atoms with Crippen LogP contribution in [0.15, 0.2) is 41.8 Å². The molecule has 1 aliphatic rings. The number of hydrogen-bond donors (Lipinski definition) is 1. The number of benzene rings is 1. The lowest BCUT2D eigenvalue weighted by molar-refractivity contribution is 0.0410. The number of nitrogens with one attached hydrogen (secondary N) is 1. The van der Waals surface area contributed by atoms with Crippen LogP contribution in [0.3, 0.4) is 0 Å². The van der Waals surface area contributed by atoms with E-state index < -0.39 is 0 Å². The minimum atomic E-state index is 0.187. The molecule has 0 amide bonds. The van der Waals surface area contributed by atoms with E-state index in [1.54, 1.807) is 11.3 Å². The maximum Gasteiger partial charge on any atom is 0.0952 e. The third kappa shape index (κ3) is 2.89. The van der Waals surface area contributed by atoms with E-state index in [2.05, 4.69) is 54.0 Å². The topological polar surface area (TPSA) is 21.3 Å². The van der Waals surface area contributed by atoms with Crippen LogP contribution in [0, 0.1) is 0 Å². The Bertz CT molecular complexity index is 523. The first kappa shape index (κ1) is 12.9. The quantitative estimate of drug-likeness (QED) is 0.917. The lowest BCUT2D eigenvalue weighted by atomic mass is 9.97. The highest BCUT2D eigenvalue weighted by Crippen LogP contribution is 2.27. The summed E-state index contributed by atoms with van der Waals surface area (Å²) in [7, 11) is 0. The summed E-state index contributed by atoms with van der Waals surface area (Å²) in [5.74, 6) is 0. The molecule has 2 atom stereocenters. The van der Waals surface area contributed by atoms with Gasteiger partial charge in [0.2, 0.25) is 0 Å². The minimum absolute atomic E-state index is 0.187. The average molecular weight is 273 g/mol. The second-order valence-electron chi connectivity index (χ2n) is 4.95. The molecule has 1 aliphatic heterocycles. The molecule has 1 unspecified atom stereocenters. The van der Waals surface area contributed by atoms with E-state index in [9.17, 15) is 0 Å². The van der Waals surface area contributed by atoms with Gasteiger partial charge in [-0.05, 0) is 35.9 Å². The largest absolute Gasteiger partial charge is 0.372 e. The summed E-state index contributed by atoms with van der Waals surface area (Å²) in [5.41, 5.74) is 2.78. The normalized spacial score (nSPS) is 19.9. The van der Waals surface area contributed by atoms with Gasteiger partial charge in [-0.2, -0.15) is 0 Å². The minimum Gasteiger partial charge on any atom is -0.372 e. The third-order valence-electron chi connectivity index (χ3n) is 3.67. The Kier molecular flexibility index (Phi) is 3.97. The van der Waals surface area contributed by atoms with Crippen molar-refractivity contribution in [1.29, 1.82) is 0 Å². The van der Waals surface area contributed by atoms with Crippen molar-refractivity contribution < 1.29 is 4.74 Å². The van der Waals surface area contributed by atoms with Crippen molar-refractivity contribution in [2.24, 2.45) is 0 Å². The van der Waals surface area contributed by atoms with Gasteiger partial charge in [-0.15, -0.1) is 11.3 Å². The average Bonchev–Trinajstić information content (AvgIpc) is 2.99. The van der Waals surface area contributed by atoms with Crippen LogP contribution in [0.2, 0.25) is 0 Å². The molecule has 1 N–H and O–H groups in total. The van der Waals surface area contributed by atoms with Crippen LogP contribution in [-0.2, 0) is 11.2 Å². The fourth-order valence-corrected chi connectivity index (χ4v) is 3.33. The predicted octanol–water partition coefficient (Wildman–Crippen LogP) is 3.71. The van der Waals surface area contributed by atoms with Crippen molar-refractivity contribution in [3.8, 4) is 0 Å². The molecule has 0 saturated heterocycles. The molecule has 100 valence electrons. The SMILES string of the molecule is C[C@@H](NCC1OCCc2ccccc21)c1cccs1. The molecular formula is C16H19NOS. The van der Waals surface area contributed by atoms with Crippen LogP contribution in [0.5, 0.6) is 0 Å². The summed E-state index contributed by atoms with van der Waals surface area (Å²) in [4.78, 5) is 1.38. The lowest BCUT2D eigenvalue weighted by Gasteiger charge is -2.27. The summed E-state index contributed by atoms with van der Waals surface area (Å²) >= 11 is 1.80. The molecule has 0 radical (unpaired) electrons. The van der Waals surface area contributed by atoms with E-state index in [1.807, 2.05) is 0 Å². The molecule has 0 bridgehead atoms. The standard InChI is InChI=1S/C16H19NOS/c1-12(16-7-4-10-19-16)17-11-15-14-6-3-2-5-13(14)8-9-18-15/h2-7,10,12,15,17H,8-9,11H2,1H3/t12-,15?/m1/s1. The van der Waals surface area contributed by atoms with Gasteiger partial charge in [0.25, 0.3) is 0 Å². The van der Waals surface area contributed by atoms with Gasteiger partial charge >= 0.3 is 0 Å². The van der Waals surface area contributed by atoms with Gasteiger partial charge in [-0.25, -0.2) is 0 Å². The zero-order valence-electron chi connectivity index (χ0n) is 11.1. The smallest absolute Gasteiger partial charge is 0.0952 e. The fraction of sp³-hybridized carbons (Fsp3) is 0.375. The first-order chi connectivity index (χ1) is 9.34. The van der Waals surface area contributed by atoms with Crippen molar-refractivity contribution in [3.63, 3.8) is 0 Å². The Morgan fingerprint density at radius 3 is 3.05 bits per heavy atom. The summed E-state index contributed by atoms with van der Waals surface area (Å²) in [6.07, 6.45) is 1.22. The first-order valence-electron chi connectivity index (χ1n) is 6.81. The molecule has 3 heteroatoms. The highest BCUT2D eigenvalue weighted by molar-refractivity contribution is 7.10. The van der Waals surface area contributed by atoms with Crippen LogP contribution >= 0.6 is 11.3 Å². The number of fused-ring (bicyclic) bond motifs is 1. The summed E-state index contributed by atoms with van der Waals surface area (Å²) in [6.45, 7) is 3.91. The molecule has 0 fully saturated rings. The van der Waals surface area contributed by atoms with Crippen LogP contribution in [0.1, 0.15) is 35.1 Å². The Morgan fingerprint density at radius 2 is 2.21 bits per heavy atom. The fourth-order valence-electron chi connectivity index (χ4n) is 2.57. The van der Waals surface area contributed by atoms with Gasteiger partial charge in [0.15, 0.2) is 0 Å². The zero-order chi connectivity index (χ0) is 13.1. The van der Waals surface area contributed by atoms with Crippen LogP contribution < -0.4 is 5.32 Å². The molecule has 0 aliphatic carbocycles. The second kappa shape index (κ2) is 5.87. The number of rotatable bonds is 4. The lowest BCUT2D eigenvalue weighted by Crippen LogP contribution is -2.29. The van der Waals surface area contributed by atoms with Crippen molar-refractivity contribution in [3.05, 3.63) is 57.8 Å². The van der Waals surface area contributed by atoms with Crippen LogP contribution in [-0.4, -0.2) is 13.2 Å². The van der Waals surface area contributed by atoms with E-state index in [-0.39, 0.29) is 6.10 Å². The number of thiophene rings is 1. The molecule has 2 aromatic rings. The van der Waals surface area contributed by atoms with E-state index in [0.29, 0.717) is 6.04 Å². The molecule has 19 heavy (non-hydrogen) atoms. The number of ether oxygens (including phenoxy) is 1. The first-order valence-corrected chi connectivity index (χ1v) is 7.69. The molecule has 1 aromatic carbocycles. The Hall–Kier alpha value is -1.16. The van der Waals surface area contributed by atoms with Gasteiger partial charge in [-0.1, -0.05) is 30.3 Å². The van der Waals surface area contributed by atoms with Crippen LogP contribution in [0.25, 0.3) is 0 Å². The summed E-state index contributed by atoms with van der Waals surface area (Å²) in [5, 5.41) is 5.71. The summed E-state index contributed by atoms with van der Waals surface area (Å²) in [6, 6.07) is 13.3. The van der Waals surface area contributed by atoms with Gasteiger partial charge in [0.05, 0.1) is 12.7 Å². The highest BCUT2D eigenvalue weighted by Gasteiger charge is 2.20. The molecule has 2 nitrogen and oxygen atoms in total. The molecule has 2 heterocycles. The molecular weight excluding hydrogens is 254 g/mol. The van der Waals surface area contributed by atoms with Crippen molar-refractivity contribution in [1.82, 2.24) is 5.32 Å². The van der Waals surface area contributed by atoms with E-state index >= 15 is 0 Å². The molecule has 1 aromatic heterocycles. The van der Waals surface area contributed by atoms with E-state index in [4.69, 9.17) is 4.74 Å². The zero-order valence-corrected chi connectivity index (χ0v) is 12.0. The monoisotopic (exact) mass is 273 g/mol. The molecule has 3 rings (SSSR count). The number of hydrogen-bond acceptors (Lipinski definition) is 3. The summed E-state index contributed by atoms with van der Waals surface area (Å²) < 4.78 is 5.91. The van der Waals surface area contributed by atoms with Gasteiger partial charge in [-0.3, -0.25) is 0 Å². The Morgan fingerprint density at radius 1 is 1.32 bits per heavy atom. The second-order valence-corrected chi connectivity index (χ2v) is 5.93.